The number of amides is 1. The third-order valence-corrected chi connectivity index (χ3v) is 4.48. The first-order chi connectivity index (χ1) is 12.8. The molecule has 0 fully saturated rings. The molecule has 8 heteroatoms. The summed E-state index contributed by atoms with van der Waals surface area (Å²) >= 11 is 9.33. The van der Waals surface area contributed by atoms with Crippen LogP contribution in [0.5, 0.6) is 17.2 Å². The van der Waals surface area contributed by atoms with Gasteiger partial charge < -0.3 is 14.2 Å². The number of nitrogens with zero attached hydrogens (tertiary/aromatic N) is 1. The lowest BCUT2D eigenvalue weighted by Gasteiger charge is -2.15. The highest BCUT2D eigenvalue weighted by atomic mass is 79.9. The molecular formula is C19H20BrClN2O4. The van der Waals surface area contributed by atoms with E-state index < -0.39 is 6.10 Å². The summed E-state index contributed by atoms with van der Waals surface area (Å²) in [5, 5.41) is 4.58. The van der Waals surface area contributed by atoms with E-state index in [9.17, 15) is 4.79 Å². The van der Waals surface area contributed by atoms with Crippen LogP contribution in [0.2, 0.25) is 5.02 Å². The molecule has 0 bridgehead atoms. The summed E-state index contributed by atoms with van der Waals surface area (Å²) in [7, 11) is 3.10. The maximum atomic E-state index is 12.2. The van der Waals surface area contributed by atoms with Crippen molar-refractivity contribution in [2.45, 2.75) is 20.0 Å². The highest BCUT2D eigenvalue weighted by molar-refractivity contribution is 9.10. The molecule has 0 spiro atoms. The summed E-state index contributed by atoms with van der Waals surface area (Å²) in [6, 6.07) is 8.76. The van der Waals surface area contributed by atoms with Crippen LogP contribution in [-0.2, 0) is 4.79 Å². The summed E-state index contributed by atoms with van der Waals surface area (Å²) in [6.45, 7) is 3.50. The second-order valence-electron chi connectivity index (χ2n) is 5.64. The van der Waals surface area contributed by atoms with E-state index in [0.29, 0.717) is 26.7 Å². The molecule has 2 aromatic carbocycles. The molecule has 1 atom stereocenters. The number of rotatable bonds is 7. The topological polar surface area (TPSA) is 69.2 Å². The van der Waals surface area contributed by atoms with Crippen LogP contribution in [0.3, 0.4) is 0 Å². The number of carbonyl (C=O) groups excluding carboxylic acids is 1. The number of benzene rings is 2. The Bertz CT molecular complexity index is 858. The fourth-order valence-electron chi connectivity index (χ4n) is 2.26. The molecule has 0 saturated carbocycles. The highest BCUT2D eigenvalue weighted by Crippen LogP contribution is 2.35. The SMILES string of the molecule is COc1cc(C=NNC(=O)C(C)Oc2ccc(Cl)cc2C)cc(Br)c1OC. The Morgan fingerprint density at radius 3 is 2.59 bits per heavy atom. The molecule has 0 aliphatic heterocycles. The van der Waals surface area contributed by atoms with E-state index in [0.717, 1.165) is 11.1 Å². The van der Waals surface area contributed by atoms with Crippen molar-refractivity contribution in [3.63, 3.8) is 0 Å². The van der Waals surface area contributed by atoms with Gasteiger partial charge in [-0.25, -0.2) is 5.43 Å². The number of methoxy groups -OCH3 is 2. The number of hydrazone groups is 1. The fourth-order valence-corrected chi connectivity index (χ4v) is 3.11. The number of ether oxygens (including phenoxy) is 3. The average molecular weight is 456 g/mol. The Balaban J connectivity index is 2.01. The van der Waals surface area contributed by atoms with Gasteiger partial charge in [-0.05, 0) is 71.2 Å². The Labute approximate surface area is 171 Å². The second-order valence-corrected chi connectivity index (χ2v) is 6.93. The number of halogens is 2. The normalized spacial score (nSPS) is 11.9. The zero-order valence-corrected chi connectivity index (χ0v) is 17.7. The smallest absolute Gasteiger partial charge is 0.280 e. The minimum absolute atomic E-state index is 0.375. The van der Waals surface area contributed by atoms with Gasteiger partial charge in [0.15, 0.2) is 17.6 Å². The van der Waals surface area contributed by atoms with Crippen LogP contribution < -0.4 is 19.6 Å². The summed E-state index contributed by atoms with van der Waals surface area (Å²) in [4.78, 5) is 12.2. The Kier molecular flexibility index (Phi) is 7.50. The van der Waals surface area contributed by atoms with Crippen LogP contribution in [0.25, 0.3) is 0 Å². The molecule has 0 radical (unpaired) electrons. The predicted octanol–water partition coefficient (Wildman–Crippen LogP) is 4.35. The van der Waals surface area contributed by atoms with Crippen LogP contribution in [0.1, 0.15) is 18.1 Å². The lowest BCUT2D eigenvalue weighted by atomic mass is 10.2. The molecule has 1 unspecified atom stereocenters. The van der Waals surface area contributed by atoms with Crippen LogP contribution in [-0.4, -0.2) is 32.4 Å². The van der Waals surface area contributed by atoms with Crippen LogP contribution >= 0.6 is 27.5 Å². The molecule has 27 heavy (non-hydrogen) atoms. The van der Waals surface area contributed by atoms with Gasteiger partial charge in [0.1, 0.15) is 5.75 Å². The zero-order valence-electron chi connectivity index (χ0n) is 15.4. The molecule has 0 heterocycles. The Morgan fingerprint density at radius 1 is 1.22 bits per heavy atom. The van der Waals surface area contributed by atoms with Gasteiger partial charge in [-0.2, -0.15) is 5.10 Å². The van der Waals surface area contributed by atoms with Crippen molar-refractivity contribution in [2.24, 2.45) is 5.10 Å². The summed E-state index contributed by atoms with van der Waals surface area (Å²) in [6.07, 6.45) is 0.782. The third kappa shape index (κ3) is 5.61. The van der Waals surface area contributed by atoms with E-state index in [2.05, 4.69) is 26.5 Å². The summed E-state index contributed by atoms with van der Waals surface area (Å²) in [5.41, 5.74) is 4.03. The lowest BCUT2D eigenvalue weighted by Crippen LogP contribution is -2.33. The van der Waals surface area contributed by atoms with Gasteiger partial charge in [0, 0.05) is 5.02 Å². The summed E-state index contributed by atoms with van der Waals surface area (Å²) in [5.74, 6) is 1.35. The fraction of sp³-hybridized carbons (Fsp3) is 0.263. The van der Waals surface area contributed by atoms with Crippen molar-refractivity contribution in [1.29, 1.82) is 0 Å². The number of aryl methyl sites for hydroxylation is 1. The van der Waals surface area contributed by atoms with Crippen molar-refractivity contribution in [2.75, 3.05) is 14.2 Å². The zero-order chi connectivity index (χ0) is 20.0. The molecule has 0 aliphatic carbocycles. The van der Waals surface area contributed by atoms with Gasteiger partial charge in [-0.15, -0.1) is 0 Å². The van der Waals surface area contributed by atoms with E-state index in [1.165, 1.54) is 6.21 Å². The minimum atomic E-state index is -0.723. The van der Waals surface area contributed by atoms with Gasteiger partial charge in [0.2, 0.25) is 0 Å². The van der Waals surface area contributed by atoms with Crippen LogP contribution in [0, 0.1) is 6.92 Å². The van der Waals surface area contributed by atoms with Crippen molar-refractivity contribution in [3.05, 3.63) is 51.0 Å². The third-order valence-electron chi connectivity index (χ3n) is 3.65. The molecule has 1 N–H and O–H groups in total. The molecule has 6 nitrogen and oxygen atoms in total. The molecule has 2 rings (SSSR count). The van der Waals surface area contributed by atoms with E-state index in [-0.39, 0.29) is 5.91 Å². The minimum Gasteiger partial charge on any atom is -0.493 e. The van der Waals surface area contributed by atoms with Gasteiger partial charge >= 0.3 is 0 Å². The average Bonchev–Trinajstić information content (AvgIpc) is 2.63. The van der Waals surface area contributed by atoms with Crippen molar-refractivity contribution in [1.82, 2.24) is 5.43 Å². The first-order valence-corrected chi connectivity index (χ1v) is 9.20. The first kappa shape index (κ1) is 21.1. The van der Waals surface area contributed by atoms with Crippen molar-refractivity contribution in [3.8, 4) is 17.2 Å². The van der Waals surface area contributed by atoms with Crippen molar-refractivity contribution < 1.29 is 19.0 Å². The van der Waals surface area contributed by atoms with E-state index >= 15 is 0 Å². The van der Waals surface area contributed by atoms with E-state index in [1.54, 1.807) is 51.5 Å². The highest BCUT2D eigenvalue weighted by Gasteiger charge is 2.15. The Morgan fingerprint density at radius 2 is 1.96 bits per heavy atom. The number of hydrogen-bond acceptors (Lipinski definition) is 5. The number of carbonyl (C=O) groups is 1. The largest absolute Gasteiger partial charge is 0.493 e. The van der Waals surface area contributed by atoms with Gasteiger partial charge in [-0.1, -0.05) is 11.6 Å². The maximum absolute atomic E-state index is 12.2. The monoisotopic (exact) mass is 454 g/mol. The maximum Gasteiger partial charge on any atom is 0.280 e. The van der Waals surface area contributed by atoms with Gasteiger partial charge in [0.25, 0.3) is 5.91 Å². The van der Waals surface area contributed by atoms with Crippen LogP contribution in [0.15, 0.2) is 39.9 Å². The van der Waals surface area contributed by atoms with Crippen molar-refractivity contribution >= 4 is 39.7 Å². The molecule has 0 aromatic heterocycles. The Hall–Kier alpha value is -2.25. The molecule has 0 aliphatic rings. The van der Waals surface area contributed by atoms with E-state index in [1.807, 2.05) is 6.92 Å². The van der Waals surface area contributed by atoms with Gasteiger partial charge in [0.05, 0.1) is 24.9 Å². The quantitative estimate of drug-likeness (QED) is 0.498. The molecule has 2 aromatic rings. The van der Waals surface area contributed by atoms with E-state index in [4.69, 9.17) is 25.8 Å². The summed E-state index contributed by atoms with van der Waals surface area (Å²) < 4.78 is 16.9. The first-order valence-electron chi connectivity index (χ1n) is 8.03. The predicted molar refractivity (Wildman–Crippen MR) is 109 cm³/mol. The molecule has 1 amide bonds. The second kappa shape index (κ2) is 9.62. The molecule has 0 saturated heterocycles. The standard InChI is InChI=1S/C19H20BrClN2O4/c1-11-7-14(21)5-6-16(11)27-12(2)19(24)23-22-10-13-8-15(20)18(26-4)17(9-13)25-3/h5-10,12H,1-4H3,(H,23,24). The molecule has 144 valence electrons. The number of nitrogens with one attached hydrogen (secondary N) is 1. The number of hydrogen-bond donors (Lipinski definition) is 1. The van der Waals surface area contributed by atoms with Crippen LogP contribution in [0.4, 0.5) is 0 Å². The molecular weight excluding hydrogens is 436 g/mol. The lowest BCUT2D eigenvalue weighted by molar-refractivity contribution is -0.127. The van der Waals surface area contributed by atoms with Gasteiger partial charge in [-0.3, -0.25) is 4.79 Å².